The van der Waals surface area contributed by atoms with Gasteiger partial charge in [-0.3, -0.25) is 19.2 Å². The second kappa shape index (κ2) is 8.62. The van der Waals surface area contributed by atoms with Crippen LogP contribution in [0.2, 0.25) is 0 Å². The predicted octanol–water partition coefficient (Wildman–Crippen LogP) is 0.652. The highest BCUT2D eigenvalue weighted by Gasteiger charge is 2.22. The van der Waals surface area contributed by atoms with Crippen LogP contribution in [0.3, 0.4) is 0 Å². The molecule has 3 rings (SSSR count). The van der Waals surface area contributed by atoms with Gasteiger partial charge in [0.25, 0.3) is 0 Å². The van der Waals surface area contributed by atoms with Crippen LogP contribution in [0, 0.1) is 6.92 Å². The Morgan fingerprint density at radius 3 is 2.46 bits per heavy atom. The Morgan fingerprint density at radius 1 is 1.08 bits per heavy atom. The fourth-order valence-electron chi connectivity index (χ4n) is 3.00. The highest BCUT2D eigenvalue weighted by molar-refractivity contribution is 5.78. The van der Waals surface area contributed by atoms with Gasteiger partial charge >= 0.3 is 0 Å². The van der Waals surface area contributed by atoms with E-state index in [4.69, 9.17) is 0 Å². The molecule has 1 aliphatic heterocycles. The Hall–Kier alpha value is -2.67. The summed E-state index contributed by atoms with van der Waals surface area (Å²) in [4.78, 5) is 28.4. The lowest BCUT2D eigenvalue weighted by Gasteiger charge is -2.34. The van der Waals surface area contributed by atoms with Crippen molar-refractivity contribution < 1.29 is 9.59 Å². The molecule has 0 unspecified atom stereocenters. The van der Waals surface area contributed by atoms with Crippen LogP contribution < -0.4 is 5.32 Å². The van der Waals surface area contributed by atoms with Crippen LogP contribution in [0.25, 0.3) is 0 Å². The minimum absolute atomic E-state index is 0.0145. The van der Waals surface area contributed by atoms with Gasteiger partial charge < -0.3 is 10.2 Å². The molecule has 138 valence electrons. The molecule has 1 fully saturated rings. The number of amides is 2. The maximum absolute atomic E-state index is 12.3. The summed E-state index contributed by atoms with van der Waals surface area (Å²) >= 11 is 0. The van der Waals surface area contributed by atoms with Crippen LogP contribution in [0.5, 0.6) is 0 Å². The minimum atomic E-state index is 0.0145. The molecule has 1 aliphatic rings. The molecular formula is C19H25N5O2. The third-order valence-electron chi connectivity index (χ3n) is 4.48. The van der Waals surface area contributed by atoms with Crippen molar-refractivity contribution in [1.82, 2.24) is 24.9 Å². The average Bonchev–Trinajstić information content (AvgIpc) is 3.06. The summed E-state index contributed by atoms with van der Waals surface area (Å²) in [5.74, 6) is 0.0851. The fourth-order valence-corrected chi connectivity index (χ4v) is 3.00. The Kier molecular flexibility index (Phi) is 6.01. The topological polar surface area (TPSA) is 70.5 Å². The van der Waals surface area contributed by atoms with Crippen molar-refractivity contribution in [1.29, 1.82) is 0 Å². The van der Waals surface area contributed by atoms with Gasteiger partial charge in [0.2, 0.25) is 11.8 Å². The molecule has 1 aromatic carbocycles. The molecule has 0 spiro atoms. The highest BCUT2D eigenvalue weighted by atomic mass is 16.2. The third-order valence-corrected chi connectivity index (χ3v) is 4.48. The van der Waals surface area contributed by atoms with Gasteiger partial charge in [-0.05, 0) is 18.1 Å². The number of carbonyl (C=O) groups is 2. The molecule has 2 amide bonds. The first kappa shape index (κ1) is 18.1. The van der Waals surface area contributed by atoms with Crippen LogP contribution in [0.1, 0.15) is 11.1 Å². The maximum atomic E-state index is 12.3. The van der Waals surface area contributed by atoms with Gasteiger partial charge in [-0.15, -0.1) is 0 Å². The van der Waals surface area contributed by atoms with Crippen LogP contribution >= 0.6 is 0 Å². The van der Waals surface area contributed by atoms with Crippen molar-refractivity contribution in [2.75, 3.05) is 32.7 Å². The Labute approximate surface area is 153 Å². The van der Waals surface area contributed by atoms with Gasteiger partial charge in [-0.25, -0.2) is 0 Å². The summed E-state index contributed by atoms with van der Waals surface area (Å²) in [5, 5.41) is 7.10. The van der Waals surface area contributed by atoms with Gasteiger partial charge in [0.05, 0.1) is 12.7 Å². The molecule has 2 aromatic rings. The summed E-state index contributed by atoms with van der Waals surface area (Å²) in [6.45, 7) is 5.84. The first-order chi connectivity index (χ1) is 12.6. The van der Waals surface area contributed by atoms with Gasteiger partial charge in [-0.1, -0.05) is 30.3 Å². The highest BCUT2D eigenvalue weighted by Crippen LogP contribution is 2.04. The number of aromatic nitrogens is 2. The standard InChI is InChI=1S/C19H25N5O2/c1-16-11-21-24(13-16)15-19(26)23-9-7-22(8-10-23)14-18(25)20-12-17-5-3-2-4-6-17/h2-6,11,13H,7-10,12,14-15H2,1H3,(H,20,25). The smallest absolute Gasteiger partial charge is 0.244 e. The number of nitrogens with one attached hydrogen (secondary N) is 1. The van der Waals surface area contributed by atoms with E-state index < -0.39 is 0 Å². The first-order valence-corrected chi connectivity index (χ1v) is 8.90. The quantitative estimate of drug-likeness (QED) is 0.826. The fraction of sp³-hybridized carbons (Fsp3) is 0.421. The SMILES string of the molecule is Cc1cnn(CC(=O)N2CCN(CC(=O)NCc3ccccc3)CC2)c1. The predicted molar refractivity (Wildman–Crippen MR) is 98.3 cm³/mol. The number of nitrogens with zero attached hydrogens (tertiary/aromatic N) is 4. The zero-order valence-corrected chi connectivity index (χ0v) is 15.1. The summed E-state index contributed by atoms with van der Waals surface area (Å²) < 4.78 is 1.67. The molecule has 0 radical (unpaired) electrons. The molecule has 0 saturated carbocycles. The number of piperazine rings is 1. The minimum Gasteiger partial charge on any atom is -0.351 e. The first-order valence-electron chi connectivity index (χ1n) is 8.90. The van der Waals surface area contributed by atoms with Crippen LogP contribution in [0.15, 0.2) is 42.7 Å². The third kappa shape index (κ3) is 5.16. The van der Waals surface area contributed by atoms with E-state index in [1.807, 2.05) is 48.4 Å². The number of carbonyl (C=O) groups excluding carboxylic acids is 2. The van der Waals surface area contributed by atoms with Crippen molar-refractivity contribution in [3.8, 4) is 0 Å². The normalized spacial score (nSPS) is 15.0. The molecule has 0 bridgehead atoms. The van der Waals surface area contributed by atoms with Gasteiger partial charge in [-0.2, -0.15) is 5.10 Å². The average molecular weight is 355 g/mol. The molecule has 7 nitrogen and oxygen atoms in total. The molecule has 0 atom stereocenters. The Morgan fingerprint density at radius 2 is 1.81 bits per heavy atom. The van der Waals surface area contributed by atoms with E-state index in [0.29, 0.717) is 39.3 Å². The van der Waals surface area contributed by atoms with E-state index in [0.717, 1.165) is 11.1 Å². The molecule has 7 heteroatoms. The zero-order chi connectivity index (χ0) is 18.4. The van der Waals surface area contributed by atoms with Gasteiger partial charge in [0.1, 0.15) is 6.54 Å². The number of hydrogen-bond donors (Lipinski definition) is 1. The lowest BCUT2D eigenvalue weighted by Crippen LogP contribution is -2.51. The Bertz CT molecular complexity index is 735. The van der Waals surface area contributed by atoms with Crippen LogP contribution in [0.4, 0.5) is 0 Å². The van der Waals surface area contributed by atoms with Crippen LogP contribution in [-0.4, -0.2) is 64.1 Å². The summed E-state index contributed by atoms with van der Waals surface area (Å²) in [6.07, 6.45) is 3.62. The summed E-state index contributed by atoms with van der Waals surface area (Å²) in [6, 6.07) is 9.86. The molecule has 2 heterocycles. The Balaban J connectivity index is 1.37. The van der Waals surface area contributed by atoms with Crippen LogP contribution in [-0.2, 0) is 22.7 Å². The van der Waals surface area contributed by atoms with E-state index in [9.17, 15) is 9.59 Å². The lowest BCUT2D eigenvalue weighted by atomic mass is 10.2. The van der Waals surface area contributed by atoms with Crippen molar-refractivity contribution in [3.63, 3.8) is 0 Å². The zero-order valence-electron chi connectivity index (χ0n) is 15.1. The number of aryl methyl sites for hydroxylation is 1. The maximum Gasteiger partial charge on any atom is 0.244 e. The van der Waals surface area contributed by atoms with Crippen molar-refractivity contribution in [2.45, 2.75) is 20.0 Å². The van der Waals surface area contributed by atoms with Crippen molar-refractivity contribution in [2.24, 2.45) is 0 Å². The number of benzene rings is 1. The largest absolute Gasteiger partial charge is 0.351 e. The molecule has 1 N–H and O–H groups in total. The summed E-state index contributed by atoms with van der Waals surface area (Å²) in [7, 11) is 0. The van der Waals surface area contributed by atoms with Crippen molar-refractivity contribution >= 4 is 11.8 Å². The van der Waals surface area contributed by atoms with Gasteiger partial charge in [0.15, 0.2) is 0 Å². The van der Waals surface area contributed by atoms with E-state index in [2.05, 4.69) is 15.3 Å². The molecule has 1 aromatic heterocycles. The lowest BCUT2D eigenvalue weighted by molar-refractivity contribution is -0.134. The molecular weight excluding hydrogens is 330 g/mol. The molecule has 26 heavy (non-hydrogen) atoms. The van der Waals surface area contributed by atoms with Gasteiger partial charge in [0, 0.05) is 38.9 Å². The summed E-state index contributed by atoms with van der Waals surface area (Å²) in [5.41, 5.74) is 2.13. The van der Waals surface area contributed by atoms with E-state index in [1.165, 1.54) is 0 Å². The van der Waals surface area contributed by atoms with E-state index in [1.54, 1.807) is 10.9 Å². The monoisotopic (exact) mass is 355 g/mol. The second-order valence-electron chi connectivity index (χ2n) is 6.63. The van der Waals surface area contributed by atoms with E-state index >= 15 is 0 Å². The van der Waals surface area contributed by atoms with E-state index in [-0.39, 0.29) is 18.4 Å². The number of rotatable bonds is 6. The number of hydrogen-bond acceptors (Lipinski definition) is 4. The molecule has 1 saturated heterocycles. The second-order valence-corrected chi connectivity index (χ2v) is 6.63. The van der Waals surface area contributed by atoms with Crippen molar-refractivity contribution in [3.05, 3.63) is 53.9 Å². The molecule has 0 aliphatic carbocycles.